The van der Waals surface area contributed by atoms with Crippen molar-refractivity contribution < 1.29 is 4.79 Å². The van der Waals surface area contributed by atoms with Crippen LogP contribution in [0.1, 0.15) is 100 Å². The van der Waals surface area contributed by atoms with E-state index in [1.54, 1.807) is 0 Å². The molecule has 0 aliphatic rings. The Hall–Kier alpha value is -0.530. The number of rotatable bonds is 7. The van der Waals surface area contributed by atoms with Crippen molar-refractivity contribution in [3.8, 4) is 0 Å². The lowest BCUT2D eigenvalue weighted by atomic mass is 9.80. The molecule has 3 atom stereocenters. The highest BCUT2D eigenvalue weighted by Gasteiger charge is 2.22. The van der Waals surface area contributed by atoms with Crippen molar-refractivity contribution in [1.82, 2.24) is 0 Å². The summed E-state index contributed by atoms with van der Waals surface area (Å²) in [6.45, 7) is 21.0. The lowest BCUT2D eigenvalue weighted by Gasteiger charge is -2.24. The van der Waals surface area contributed by atoms with E-state index in [1.165, 1.54) is 24.8 Å². The molecule has 0 aliphatic heterocycles. The number of hydrogen-bond donors (Lipinski definition) is 0. The number of carbonyl (C=O) groups excluding carboxylic acids is 1. The fourth-order valence-electron chi connectivity index (χ4n) is 2.59. The van der Waals surface area contributed by atoms with Crippen LogP contribution in [0.4, 0.5) is 0 Å². The van der Waals surface area contributed by atoms with Crippen LogP contribution in [0.5, 0.6) is 0 Å². The van der Waals surface area contributed by atoms with Gasteiger partial charge >= 0.3 is 0 Å². The Balaban J connectivity index is -0.000000369. The summed E-state index contributed by atoms with van der Waals surface area (Å²) in [4.78, 5) is 11.5. The Morgan fingerprint density at radius 3 is 1.79 bits per heavy atom. The van der Waals surface area contributed by atoms with Crippen molar-refractivity contribution in [3.05, 3.63) is 33.8 Å². The molecule has 0 heterocycles. The summed E-state index contributed by atoms with van der Waals surface area (Å²) in [6, 6.07) is 5.70. The quantitative estimate of drug-likeness (QED) is 0.418. The molecule has 0 bridgehead atoms. The first-order valence-corrected chi connectivity index (χ1v) is 11.9. The van der Waals surface area contributed by atoms with E-state index >= 15 is 0 Å². The molecule has 3 heteroatoms. The molecule has 1 aromatic carbocycles. The lowest BCUT2D eigenvalue weighted by Crippen LogP contribution is -2.23. The van der Waals surface area contributed by atoms with Crippen molar-refractivity contribution in [1.29, 1.82) is 0 Å². The maximum Gasteiger partial charge on any atom is 0.135 e. The highest BCUT2D eigenvalue weighted by atomic mass is 35.5. The lowest BCUT2D eigenvalue weighted by molar-refractivity contribution is -0.124. The molecule has 1 aromatic rings. The van der Waals surface area contributed by atoms with E-state index < -0.39 is 0 Å². The maximum absolute atomic E-state index is 11.5. The zero-order valence-electron chi connectivity index (χ0n) is 20.2. The molecule has 28 heavy (non-hydrogen) atoms. The first-order valence-electron chi connectivity index (χ1n) is 11.2. The molecule has 0 aromatic heterocycles. The third-order valence-corrected chi connectivity index (χ3v) is 5.42. The summed E-state index contributed by atoms with van der Waals surface area (Å²) in [5.41, 5.74) is 1.22. The number of aryl methyl sites for hydroxylation is 1. The van der Waals surface area contributed by atoms with Gasteiger partial charge in [0.2, 0.25) is 0 Å². The van der Waals surface area contributed by atoms with Crippen LogP contribution in [-0.2, 0) is 11.2 Å². The third-order valence-electron chi connectivity index (χ3n) is 4.68. The Labute approximate surface area is 186 Å². The van der Waals surface area contributed by atoms with Crippen LogP contribution >= 0.6 is 23.2 Å². The molecule has 0 fully saturated rings. The van der Waals surface area contributed by atoms with Gasteiger partial charge in [0, 0.05) is 12.3 Å². The van der Waals surface area contributed by atoms with Crippen LogP contribution in [0.3, 0.4) is 0 Å². The molecule has 0 saturated carbocycles. The first-order chi connectivity index (χ1) is 13.2. The van der Waals surface area contributed by atoms with E-state index in [4.69, 9.17) is 23.2 Å². The summed E-state index contributed by atoms with van der Waals surface area (Å²) in [5.74, 6) is 1.87. The minimum absolute atomic E-state index is 0.242. The van der Waals surface area contributed by atoms with Gasteiger partial charge in [0.25, 0.3) is 0 Å². The van der Waals surface area contributed by atoms with Crippen molar-refractivity contribution in [2.24, 2.45) is 17.8 Å². The van der Waals surface area contributed by atoms with E-state index in [0.717, 1.165) is 6.42 Å². The number of hydrogen-bond acceptors (Lipinski definition) is 1. The molecule has 166 valence electrons. The Morgan fingerprint density at radius 2 is 1.43 bits per heavy atom. The number of carbonyl (C=O) groups is 1. The number of Topliss-reactive ketones (excluding diaryl/α,β-unsaturated/α-hetero) is 1. The zero-order chi connectivity index (χ0) is 22.7. The topological polar surface area (TPSA) is 17.1 Å². The van der Waals surface area contributed by atoms with E-state index in [1.807, 2.05) is 39.0 Å². The van der Waals surface area contributed by atoms with Gasteiger partial charge in [0.05, 0.1) is 10.0 Å². The second kappa shape index (κ2) is 21.2. The second-order valence-corrected chi connectivity index (χ2v) is 7.86. The minimum atomic E-state index is 0.242. The molecule has 0 amide bonds. The molecule has 0 radical (unpaired) electrons. The summed E-state index contributed by atoms with van der Waals surface area (Å²) in [6.07, 6.45) is 5.39. The minimum Gasteiger partial charge on any atom is -0.299 e. The Bertz CT molecular complexity index is 485. The second-order valence-electron chi connectivity index (χ2n) is 7.04. The summed E-state index contributed by atoms with van der Waals surface area (Å²) < 4.78 is 0. The van der Waals surface area contributed by atoms with Crippen molar-refractivity contribution in [3.63, 3.8) is 0 Å². The van der Waals surface area contributed by atoms with Gasteiger partial charge in [-0.25, -0.2) is 0 Å². The van der Waals surface area contributed by atoms with E-state index in [2.05, 4.69) is 48.5 Å². The Kier molecular flexibility index (Phi) is 24.3. The molecule has 3 unspecified atom stereocenters. The summed E-state index contributed by atoms with van der Waals surface area (Å²) >= 11 is 11.5. The summed E-state index contributed by atoms with van der Waals surface area (Å²) in [7, 11) is 0. The number of halogens is 2. The number of benzene rings is 1. The smallest absolute Gasteiger partial charge is 0.135 e. The van der Waals surface area contributed by atoms with E-state index in [-0.39, 0.29) is 5.92 Å². The standard InChI is InChI=1S/C12H24O.C8H8Cl2.C3H8.C2H6/c1-6-8-9(3)10(4)11(5)12(13)7-2;1-2-6-3-4-7(9)8(10)5-6;1-3-2;1-2/h9-11H,6-8H2,1-5H3;3-5H,2H2,1H3;3H2,1-2H3;1-2H3. The molecule has 0 spiro atoms. The zero-order valence-corrected chi connectivity index (χ0v) is 21.7. The van der Waals surface area contributed by atoms with Gasteiger partial charge in [-0.1, -0.05) is 118 Å². The van der Waals surface area contributed by atoms with Gasteiger partial charge in [0.1, 0.15) is 5.78 Å². The number of ketones is 1. The normalized spacial score (nSPS) is 12.7. The summed E-state index contributed by atoms with van der Waals surface area (Å²) in [5, 5.41) is 1.26. The van der Waals surface area contributed by atoms with E-state index in [9.17, 15) is 4.79 Å². The molecule has 1 nitrogen and oxygen atoms in total. The van der Waals surface area contributed by atoms with Gasteiger partial charge in [-0.15, -0.1) is 0 Å². The van der Waals surface area contributed by atoms with Crippen LogP contribution in [0, 0.1) is 17.8 Å². The highest BCUT2D eigenvalue weighted by Crippen LogP contribution is 2.25. The van der Waals surface area contributed by atoms with Gasteiger partial charge in [-0.05, 0) is 36.0 Å². The van der Waals surface area contributed by atoms with Crippen LogP contribution in [0.2, 0.25) is 10.0 Å². The van der Waals surface area contributed by atoms with E-state index in [0.29, 0.717) is 34.1 Å². The maximum atomic E-state index is 11.5. The SMILES string of the molecule is CC.CCC.CCCC(C)C(C)C(C)C(=O)CC.CCc1ccc(Cl)c(Cl)c1. The fourth-order valence-corrected chi connectivity index (χ4v) is 2.91. The largest absolute Gasteiger partial charge is 0.299 e. The highest BCUT2D eigenvalue weighted by molar-refractivity contribution is 6.42. The predicted molar refractivity (Wildman–Crippen MR) is 131 cm³/mol. The van der Waals surface area contributed by atoms with Crippen molar-refractivity contribution in [2.75, 3.05) is 0 Å². The van der Waals surface area contributed by atoms with Crippen LogP contribution in [0.25, 0.3) is 0 Å². The van der Waals surface area contributed by atoms with Crippen molar-refractivity contribution in [2.45, 2.75) is 101 Å². The molecular weight excluding hydrogens is 387 g/mol. The monoisotopic (exact) mass is 432 g/mol. The molecule has 0 saturated heterocycles. The fraction of sp³-hybridized carbons (Fsp3) is 0.720. The third kappa shape index (κ3) is 15.4. The predicted octanol–water partition coefficient (Wildman–Crippen LogP) is 9.67. The molecule has 0 aliphatic carbocycles. The van der Waals surface area contributed by atoms with Crippen LogP contribution in [0.15, 0.2) is 18.2 Å². The van der Waals surface area contributed by atoms with Gasteiger partial charge in [-0.2, -0.15) is 0 Å². The Morgan fingerprint density at radius 1 is 0.929 bits per heavy atom. The van der Waals surface area contributed by atoms with Gasteiger partial charge < -0.3 is 0 Å². The van der Waals surface area contributed by atoms with Crippen molar-refractivity contribution >= 4 is 29.0 Å². The average Bonchev–Trinajstić information content (AvgIpc) is 2.71. The average molecular weight is 434 g/mol. The molecule has 1 rings (SSSR count). The van der Waals surface area contributed by atoms with Crippen LogP contribution in [-0.4, -0.2) is 5.78 Å². The van der Waals surface area contributed by atoms with Gasteiger partial charge in [0.15, 0.2) is 0 Å². The molecular formula is C25H46Cl2O. The van der Waals surface area contributed by atoms with Gasteiger partial charge in [-0.3, -0.25) is 4.79 Å². The first kappa shape index (κ1) is 32.1. The molecule has 0 N–H and O–H groups in total. The van der Waals surface area contributed by atoms with Crippen LogP contribution < -0.4 is 0 Å².